The van der Waals surface area contributed by atoms with Crippen molar-refractivity contribution < 1.29 is 4.74 Å². The SMILES string of the molecule is CCNC(C)c1ccc(OCCN(CC)CC)cc1. The molecule has 0 fully saturated rings. The minimum Gasteiger partial charge on any atom is -0.492 e. The first-order valence-corrected chi connectivity index (χ1v) is 7.39. The summed E-state index contributed by atoms with van der Waals surface area (Å²) in [6.07, 6.45) is 0. The van der Waals surface area contributed by atoms with Crippen molar-refractivity contribution in [3.05, 3.63) is 29.8 Å². The van der Waals surface area contributed by atoms with E-state index in [-0.39, 0.29) is 0 Å². The highest BCUT2D eigenvalue weighted by atomic mass is 16.5. The maximum Gasteiger partial charge on any atom is 0.119 e. The number of hydrogen-bond donors (Lipinski definition) is 1. The molecule has 0 bridgehead atoms. The molecule has 1 unspecified atom stereocenters. The molecule has 0 aliphatic carbocycles. The van der Waals surface area contributed by atoms with Gasteiger partial charge in [0.05, 0.1) is 0 Å². The second-order valence-electron chi connectivity index (χ2n) is 4.72. The van der Waals surface area contributed by atoms with E-state index in [0.717, 1.165) is 38.5 Å². The van der Waals surface area contributed by atoms with Gasteiger partial charge in [0, 0.05) is 12.6 Å². The number of rotatable bonds is 9. The Hall–Kier alpha value is -1.06. The van der Waals surface area contributed by atoms with Crippen molar-refractivity contribution in [3.63, 3.8) is 0 Å². The van der Waals surface area contributed by atoms with Crippen molar-refractivity contribution in [2.24, 2.45) is 0 Å². The van der Waals surface area contributed by atoms with E-state index in [0.29, 0.717) is 6.04 Å². The fourth-order valence-electron chi connectivity index (χ4n) is 2.11. The second-order valence-corrected chi connectivity index (χ2v) is 4.72. The Labute approximate surface area is 118 Å². The summed E-state index contributed by atoms with van der Waals surface area (Å²) in [5, 5.41) is 3.41. The first-order chi connectivity index (χ1) is 9.21. The van der Waals surface area contributed by atoms with Crippen LogP contribution >= 0.6 is 0 Å². The summed E-state index contributed by atoms with van der Waals surface area (Å²) in [4.78, 5) is 2.36. The van der Waals surface area contributed by atoms with E-state index in [2.05, 4.69) is 62.2 Å². The van der Waals surface area contributed by atoms with E-state index in [4.69, 9.17) is 4.74 Å². The van der Waals surface area contributed by atoms with E-state index in [9.17, 15) is 0 Å². The Bertz CT molecular complexity index is 333. The van der Waals surface area contributed by atoms with E-state index < -0.39 is 0 Å². The van der Waals surface area contributed by atoms with Gasteiger partial charge in [0.25, 0.3) is 0 Å². The molecular weight excluding hydrogens is 236 g/mol. The van der Waals surface area contributed by atoms with Crippen molar-refractivity contribution in [3.8, 4) is 5.75 Å². The fourth-order valence-corrected chi connectivity index (χ4v) is 2.11. The molecule has 0 spiro atoms. The quantitative estimate of drug-likeness (QED) is 0.742. The number of nitrogens with zero attached hydrogens (tertiary/aromatic N) is 1. The predicted molar refractivity (Wildman–Crippen MR) is 81.8 cm³/mol. The van der Waals surface area contributed by atoms with Crippen LogP contribution in [0.2, 0.25) is 0 Å². The molecule has 0 amide bonds. The van der Waals surface area contributed by atoms with Gasteiger partial charge < -0.3 is 15.0 Å². The number of nitrogens with one attached hydrogen (secondary N) is 1. The van der Waals surface area contributed by atoms with Gasteiger partial charge in [-0.2, -0.15) is 0 Å². The summed E-state index contributed by atoms with van der Waals surface area (Å²) >= 11 is 0. The fraction of sp³-hybridized carbons (Fsp3) is 0.625. The van der Waals surface area contributed by atoms with Gasteiger partial charge in [-0.3, -0.25) is 0 Å². The summed E-state index contributed by atoms with van der Waals surface area (Å²) in [7, 11) is 0. The van der Waals surface area contributed by atoms with Crippen LogP contribution in [0.1, 0.15) is 39.3 Å². The smallest absolute Gasteiger partial charge is 0.119 e. The maximum atomic E-state index is 5.77. The standard InChI is InChI=1S/C16H28N2O/c1-5-17-14(4)15-8-10-16(11-9-15)19-13-12-18(6-2)7-3/h8-11,14,17H,5-7,12-13H2,1-4H3. The normalized spacial score (nSPS) is 12.7. The highest BCUT2D eigenvalue weighted by molar-refractivity contribution is 5.28. The molecule has 1 rings (SSSR count). The average Bonchev–Trinajstić information content (AvgIpc) is 2.44. The first kappa shape index (κ1) is 16.0. The molecule has 1 atom stereocenters. The molecule has 3 nitrogen and oxygen atoms in total. The summed E-state index contributed by atoms with van der Waals surface area (Å²) in [5.74, 6) is 0.958. The molecule has 0 aromatic heterocycles. The van der Waals surface area contributed by atoms with Crippen LogP contribution in [-0.2, 0) is 0 Å². The van der Waals surface area contributed by atoms with E-state index >= 15 is 0 Å². The third-order valence-electron chi connectivity index (χ3n) is 3.46. The van der Waals surface area contributed by atoms with E-state index in [1.165, 1.54) is 5.56 Å². The number of hydrogen-bond acceptors (Lipinski definition) is 3. The van der Waals surface area contributed by atoms with Crippen molar-refractivity contribution >= 4 is 0 Å². The zero-order valence-electron chi connectivity index (χ0n) is 12.8. The lowest BCUT2D eigenvalue weighted by Crippen LogP contribution is -2.27. The van der Waals surface area contributed by atoms with Gasteiger partial charge >= 0.3 is 0 Å². The molecule has 1 aromatic carbocycles. The Morgan fingerprint density at radius 2 is 1.74 bits per heavy atom. The second kappa shape index (κ2) is 8.94. The lowest BCUT2D eigenvalue weighted by Gasteiger charge is -2.18. The van der Waals surface area contributed by atoms with Gasteiger partial charge in [-0.05, 0) is 44.3 Å². The molecule has 0 aliphatic rings. The molecule has 19 heavy (non-hydrogen) atoms. The van der Waals surface area contributed by atoms with Gasteiger partial charge in [0.15, 0.2) is 0 Å². The third kappa shape index (κ3) is 5.62. The highest BCUT2D eigenvalue weighted by Gasteiger charge is 2.04. The lowest BCUT2D eigenvalue weighted by molar-refractivity contribution is 0.223. The number of likely N-dealkylation sites (N-methyl/N-ethyl adjacent to an activating group) is 1. The zero-order valence-corrected chi connectivity index (χ0v) is 12.8. The maximum absolute atomic E-state index is 5.77. The van der Waals surface area contributed by atoms with Gasteiger partial charge in [-0.1, -0.05) is 32.9 Å². The van der Waals surface area contributed by atoms with Crippen LogP contribution < -0.4 is 10.1 Å². The predicted octanol–water partition coefficient (Wildman–Crippen LogP) is 3.08. The summed E-state index contributed by atoms with van der Waals surface area (Å²) in [6.45, 7) is 13.6. The van der Waals surface area contributed by atoms with Crippen LogP contribution in [0.15, 0.2) is 24.3 Å². The lowest BCUT2D eigenvalue weighted by atomic mass is 10.1. The van der Waals surface area contributed by atoms with Crippen molar-refractivity contribution in [1.29, 1.82) is 0 Å². The van der Waals surface area contributed by atoms with Crippen molar-refractivity contribution in [1.82, 2.24) is 10.2 Å². The van der Waals surface area contributed by atoms with Crippen LogP contribution in [0.3, 0.4) is 0 Å². The Morgan fingerprint density at radius 1 is 1.11 bits per heavy atom. The highest BCUT2D eigenvalue weighted by Crippen LogP contribution is 2.17. The molecule has 0 heterocycles. The van der Waals surface area contributed by atoms with Gasteiger partial charge in [0.2, 0.25) is 0 Å². The summed E-state index contributed by atoms with van der Waals surface area (Å²) < 4.78 is 5.77. The molecule has 0 saturated heterocycles. The monoisotopic (exact) mass is 264 g/mol. The minimum atomic E-state index is 0.398. The molecule has 1 aromatic rings. The van der Waals surface area contributed by atoms with Gasteiger partial charge in [-0.15, -0.1) is 0 Å². The van der Waals surface area contributed by atoms with Crippen molar-refractivity contribution in [2.45, 2.75) is 33.7 Å². The Balaban J connectivity index is 2.40. The molecule has 1 N–H and O–H groups in total. The molecule has 0 aliphatic heterocycles. The Kier molecular flexibility index (Phi) is 7.53. The van der Waals surface area contributed by atoms with Gasteiger partial charge in [0.1, 0.15) is 12.4 Å². The van der Waals surface area contributed by atoms with Crippen LogP contribution in [0.5, 0.6) is 5.75 Å². The molecule has 3 heteroatoms. The first-order valence-electron chi connectivity index (χ1n) is 7.39. The van der Waals surface area contributed by atoms with E-state index in [1.807, 2.05) is 0 Å². The molecule has 108 valence electrons. The number of ether oxygens (including phenoxy) is 1. The molecule has 0 radical (unpaired) electrons. The van der Waals surface area contributed by atoms with Crippen LogP contribution in [0, 0.1) is 0 Å². The summed E-state index contributed by atoms with van der Waals surface area (Å²) in [5.41, 5.74) is 1.30. The topological polar surface area (TPSA) is 24.5 Å². The average molecular weight is 264 g/mol. The van der Waals surface area contributed by atoms with Crippen LogP contribution in [-0.4, -0.2) is 37.7 Å². The third-order valence-corrected chi connectivity index (χ3v) is 3.46. The van der Waals surface area contributed by atoms with Crippen molar-refractivity contribution in [2.75, 3.05) is 32.8 Å². The largest absolute Gasteiger partial charge is 0.492 e. The van der Waals surface area contributed by atoms with E-state index in [1.54, 1.807) is 0 Å². The van der Waals surface area contributed by atoms with Crippen LogP contribution in [0.4, 0.5) is 0 Å². The van der Waals surface area contributed by atoms with Crippen LogP contribution in [0.25, 0.3) is 0 Å². The van der Waals surface area contributed by atoms with Gasteiger partial charge in [-0.25, -0.2) is 0 Å². The minimum absolute atomic E-state index is 0.398. The zero-order chi connectivity index (χ0) is 14.1. The molecule has 0 saturated carbocycles. The summed E-state index contributed by atoms with van der Waals surface area (Å²) in [6, 6.07) is 8.80. The molecular formula is C16H28N2O. The Morgan fingerprint density at radius 3 is 2.26 bits per heavy atom. The number of benzene rings is 1.